The highest BCUT2D eigenvalue weighted by Gasteiger charge is 2.29. The van der Waals surface area contributed by atoms with Crippen LogP contribution in [-0.2, 0) is 4.79 Å². The molecule has 0 spiro atoms. The molecule has 0 saturated heterocycles. The van der Waals surface area contributed by atoms with Crippen LogP contribution in [0.4, 0.5) is 5.82 Å². The number of aliphatic hydroxyl groups is 1. The number of hydrogen-bond donors (Lipinski definition) is 3. The van der Waals surface area contributed by atoms with Crippen molar-refractivity contribution < 1.29 is 14.6 Å². The molecular weight excluding hydrogens is 258 g/mol. The molecular formula is C14H15N3O3. The van der Waals surface area contributed by atoms with Gasteiger partial charge in [-0.2, -0.15) is 5.10 Å². The summed E-state index contributed by atoms with van der Waals surface area (Å²) < 4.78 is 5.55. The Labute approximate surface area is 115 Å². The molecule has 3 rings (SSSR count). The van der Waals surface area contributed by atoms with Crippen LogP contribution in [0.25, 0.3) is 0 Å². The molecule has 1 aromatic heterocycles. The fourth-order valence-electron chi connectivity index (χ4n) is 2.48. The van der Waals surface area contributed by atoms with Gasteiger partial charge in [0.1, 0.15) is 18.2 Å². The largest absolute Gasteiger partial charge is 0.491 e. The van der Waals surface area contributed by atoms with Crippen molar-refractivity contribution in [2.75, 3.05) is 18.5 Å². The highest BCUT2D eigenvalue weighted by Crippen LogP contribution is 2.39. The van der Waals surface area contributed by atoms with Crippen molar-refractivity contribution in [1.29, 1.82) is 0 Å². The third-order valence-electron chi connectivity index (χ3n) is 3.34. The quantitative estimate of drug-likeness (QED) is 0.782. The maximum absolute atomic E-state index is 11.8. The van der Waals surface area contributed by atoms with Crippen molar-refractivity contribution in [2.24, 2.45) is 0 Å². The van der Waals surface area contributed by atoms with E-state index in [9.17, 15) is 4.79 Å². The number of aliphatic hydroxyl groups excluding tert-OH is 1. The van der Waals surface area contributed by atoms with E-state index >= 15 is 0 Å². The normalized spacial score (nSPS) is 17.4. The van der Waals surface area contributed by atoms with E-state index in [0.717, 1.165) is 11.1 Å². The monoisotopic (exact) mass is 273 g/mol. The Bertz CT molecular complexity index is 624. The molecule has 0 radical (unpaired) electrons. The number of carbonyl (C=O) groups is 1. The van der Waals surface area contributed by atoms with E-state index in [1.165, 1.54) is 0 Å². The second-order valence-corrected chi connectivity index (χ2v) is 4.62. The summed E-state index contributed by atoms with van der Waals surface area (Å²) >= 11 is 0. The van der Waals surface area contributed by atoms with Gasteiger partial charge in [0, 0.05) is 23.5 Å². The number of para-hydroxylation sites is 1. The van der Waals surface area contributed by atoms with Crippen LogP contribution in [0.15, 0.2) is 30.5 Å². The Kier molecular flexibility index (Phi) is 3.39. The molecule has 0 saturated carbocycles. The van der Waals surface area contributed by atoms with Gasteiger partial charge in [-0.3, -0.25) is 9.89 Å². The number of H-pyrrole nitrogens is 1. The summed E-state index contributed by atoms with van der Waals surface area (Å²) in [5.74, 6) is 1.19. The van der Waals surface area contributed by atoms with Gasteiger partial charge in [0.05, 0.1) is 12.8 Å². The first-order valence-corrected chi connectivity index (χ1v) is 6.45. The molecule has 0 fully saturated rings. The molecule has 6 heteroatoms. The van der Waals surface area contributed by atoms with Crippen LogP contribution >= 0.6 is 0 Å². The second-order valence-electron chi connectivity index (χ2n) is 4.62. The Hall–Kier alpha value is -2.34. The minimum Gasteiger partial charge on any atom is -0.491 e. The fraction of sp³-hybridized carbons (Fsp3) is 0.286. The standard InChI is InChI=1S/C14H15N3O3/c18-5-6-20-12-4-2-1-3-9(12)10-7-13(19)16-14-11(10)8-15-17-14/h1-4,8,10,18H,5-7H2,(H2,15,16,17,19). The zero-order valence-electron chi connectivity index (χ0n) is 10.8. The van der Waals surface area contributed by atoms with Crippen LogP contribution in [0.3, 0.4) is 0 Å². The average Bonchev–Trinajstić information content (AvgIpc) is 2.92. The number of hydrogen-bond acceptors (Lipinski definition) is 4. The van der Waals surface area contributed by atoms with Crippen molar-refractivity contribution >= 4 is 11.7 Å². The highest BCUT2D eigenvalue weighted by molar-refractivity contribution is 5.94. The van der Waals surface area contributed by atoms with Crippen LogP contribution in [-0.4, -0.2) is 34.4 Å². The average molecular weight is 273 g/mol. The summed E-state index contributed by atoms with van der Waals surface area (Å²) in [5, 5.41) is 18.4. The van der Waals surface area contributed by atoms with Gasteiger partial charge in [-0.15, -0.1) is 0 Å². The summed E-state index contributed by atoms with van der Waals surface area (Å²) in [5.41, 5.74) is 1.88. The van der Waals surface area contributed by atoms with Gasteiger partial charge in [0.25, 0.3) is 0 Å². The Morgan fingerprint density at radius 1 is 1.35 bits per heavy atom. The van der Waals surface area contributed by atoms with E-state index in [1.807, 2.05) is 24.3 Å². The molecule has 3 N–H and O–H groups in total. The molecule has 0 bridgehead atoms. The minimum absolute atomic E-state index is 0.0452. The molecule has 2 aromatic rings. The lowest BCUT2D eigenvalue weighted by molar-refractivity contribution is -0.116. The van der Waals surface area contributed by atoms with Gasteiger partial charge in [-0.05, 0) is 6.07 Å². The summed E-state index contributed by atoms with van der Waals surface area (Å²) in [6.45, 7) is 0.185. The van der Waals surface area contributed by atoms with E-state index < -0.39 is 0 Å². The molecule has 1 atom stereocenters. The van der Waals surface area contributed by atoms with E-state index in [1.54, 1.807) is 6.20 Å². The van der Waals surface area contributed by atoms with Gasteiger partial charge in [-0.25, -0.2) is 0 Å². The molecule has 2 heterocycles. The fourth-order valence-corrected chi connectivity index (χ4v) is 2.48. The Balaban J connectivity index is 1.99. The van der Waals surface area contributed by atoms with Gasteiger partial charge in [0.15, 0.2) is 0 Å². The van der Waals surface area contributed by atoms with E-state index in [0.29, 0.717) is 18.0 Å². The van der Waals surface area contributed by atoms with Crippen molar-refractivity contribution in [2.45, 2.75) is 12.3 Å². The molecule has 1 aliphatic heterocycles. The smallest absolute Gasteiger partial charge is 0.226 e. The SMILES string of the molecule is O=C1CC(c2ccccc2OCCO)c2cn[nH]c2N1. The number of ether oxygens (including phenoxy) is 1. The summed E-state index contributed by atoms with van der Waals surface area (Å²) in [6, 6.07) is 7.56. The topological polar surface area (TPSA) is 87.2 Å². The molecule has 1 aliphatic rings. The number of aromatic amines is 1. The van der Waals surface area contributed by atoms with Crippen LogP contribution in [0, 0.1) is 0 Å². The predicted molar refractivity (Wildman–Crippen MR) is 72.7 cm³/mol. The van der Waals surface area contributed by atoms with Crippen molar-refractivity contribution in [3.8, 4) is 5.75 Å². The molecule has 0 aliphatic carbocycles. The first-order chi connectivity index (χ1) is 9.79. The molecule has 1 unspecified atom stereocenters. The number of rotatable bonds is 4. The Morgan fingerprint density at radius 3 is 3.05 bits per heavy atom. The van der Waals surface area contributed by atoms with Crippen LogP contribution in [0.2, 0.25) is 0 Å². The van der Waals surface area contributed by atoms with Crippen molar-refractivity contribution in [1.82, 2.24) is 10.2 Å². The van der Waals surface area contributed by atoms with Crippen LogP contribution < -0.4 is 10.1 Å². The third kappa shape index (κ3) is 2.25. The Morgan fingerprint density at radius 2 is 2.20 bits per heavy atom. The van der Waals surface area contributed by atoms with E-state index in [2.05, 4.69) is 15.5 Å². The second kappa shape index (κ2) is 5.34. The maximum atomic E-state index is 11.8. The third-order valence-corrected chi connectivity index (χ3v) is 3.34. The van der Waals surface area contributed by atoms with Crippen LogP contribution in [0.1, 0.15) is 23.5 Å². The lowest BCUT2D eigenvalue weighted by Gasteiger charge is -2.24. The molecule has 1 aromatic carbocycles. The zero-order chi connectivity index (χ0) is 13.9. The number of carbonyl (C=O) groups excluding carboxylic acids is 1. The van der Waals surface area contributed by atoms with E-state index in [-0.39, 0.29) is 25.0 Å². The molecule has 20 heavy (non-hydrogen) atoms. The maximum Gasteiger partial charge on any atom is 0.226 e. The number of nitrogens with one attached hydrogen (secondary N) is 2. The number of benzene rings is 1. The van der Waals surface area contributed by atoms with Gasteiger partial charge in [-0.1, -0.05) is 18.2 Å². The van der Waals surface area contributed by atoms with Gasteiger partial charge in [0.2, 0.25) is 5.91 Å². The first kappa shape index (κ1) is 12.7. The number of nitrogens with zero attached hydrogens (tertiary/aromatic N) is 1. The summed E-state index contributed by atoms with van der Waals surface area (Å²) in [6.07, 6.45) is 2.08. The highest BCUT2D eigenvalue weighted by atomic mass is 16.5. The molecule has 1 amide bonds. The summed E-state index contributed by atoms with van der Waals surface area (Å²) in [4.78, 5) is 11.8. The zero-order valence-corrected chi connectivity index (χ0v) is 10.8. The lowest BCUT2D eigenvalue weighted by atomic mass is 9.87. The predicted octanol–water partition coefficient (Wildman–Crippen LogP) is 1.25. The van der Waals surface area contributed by atoms with E-state index in [4.69, 9.17) is 9.84 Å². The number of anilines is 1. The first-order valence-electron chi connectivity index (χ1n) is 6.45. The number of aromatic nitrogens is 2. The lowest BCUT2D eigenvalue weighted by Crippen LogP contribution is -2.23. The molecule has 104 valence electrons. The van der Waals surface area contributed by atoms with Crippen molar-refractivity contribution in [3.63, 3.8) is 0 Å². The van der Waals surface area contributed by atoms with Crippen molar-refractivity contribution in [3.05, 3.63) is 41.6 Å². The summed E-state index contributed by atoms with van der Waals surface area (Å²) in [7, 11) is 0. The molecule has 6 nitrogen and oxygen atoms in total. The van der Waals surface area contributed by atoms with Gasteiger partial charge < -0.3 is 15.2 Å². The van der Waals surface area contributed by atoms with Gasteiger partial charge >= 0.3 is 0 Å². The number of amides is 1. The van der Waals surface area contributed by atoms with Crippen LogP contribution in [0.5, 0.6) is 5.75 Å². The minimum atomic E-state index is -0.0904. The number of fused-ring (bicyclic) bond motifs is 1.